The van der Waals surface area contributed by atoms with Crippen molar-refractivity contribution in [2.75, 3.05) is 19.7 Å². The van der Waals surface area contributed by atoms with Crippen LogP contribution in [0.2, 0.25) is 0 Å². The highest BCUT2D eigenvalue weighted by atomic mass is 16.5. The van der Waals surface area contributed by atoms with Gasteiger partial charge in [0.1, 0.15) is 0 Å². The van der Waals surface area contributed by atoms with Gasteiger partial charge < -0.3 is 15.0 Å². The molecule has 1 aliphatic rings. The molecule has 0 bridgehead atoms. The van der Waals surface area contributed by atoms with Crippen LogP contribution in [0.4, 0.5) is 4.79 Å². The molecule has 0 aromatic carbocycles. The van der Waals surface area contributed by atoms with Gasteiger partial charge in [-0.15, -0.1) is 0 Å². The van der Waals surface area contributed by atoms with E-state index in [1.165, 1.54) is 12.8 Å². The number of hydrogen-bond donors (Lipinski definition) is 1. The fourth-order valence-corrected chi connectivity index (χ4v) is 2.27. The number of nitrogens with one attached hydrogen (secondary N) is 1. The molecule has 1 aromatic rings. The van der Waals surface area contributed by atoms with E-state index in [9.17, 15) is 4.79 Å². The Morgan fingerprint density at radius 3 is 2.95 bits per heavy atom. The van der Waals surface area contributed by atoms with Crippen molar-refractivity contribution >= 4 is 6.03 Å². The molecule has 1 heterocycles. The number of ether oxygens (including phenoxy) is 1. The Balaban J connectivity index is 1.89. The fourth-order valence-electron chi connectivity index (χ4n) is 2.27. The molecule has 5 heteroatoms. The highest BCUT2D eigenvalue weighted by molar-refractivity contribution is 5.74. The van der Waals surface area contributed by atoms with Crippen molar-refractivity contribution < 1.29 is 9.53 Å². The predicted octanol–water partition coefficient (Wildman–Crippen LogP) is 2.81. The summed E-state index contributed by atoms with van der Waals surface area (Å²) in [6.07, 6.45) is 5.19. The summed E-state index contributed by atoms with van der Waals surface area (Å²) >= 11 is 0. The van der Waals surface area contributed by atoms with Crippen LogP contribution in [0.3, 0.4) is 0 Å². The van der Waals surface area contributed by atoms with Crippen molar-refractivity contribution in [1.29, 1.82) is 0 Å². The van der Waals surface area contributed by atoms with Crippen LogP contribution in [0.15, 0.2) is 18.3 Å². The van der Waals surface area contributed by atoms with Gasteiger partial charge in [0.05, 0.1) is 6.61 Å². The molecular formula is C16H25N3O2. The van der Waals surface area contributed by atoms with Gasteiger partial charge in [-0.25, -0.2) is 9.78 Å². The lowest BCUT2D eigenvalue weighted by molar-refractivity contribution is 0.194. The Bertz CT molecular complexity index is 461. The molecule has 2 amide bonds. The first-order valence-electron chi connectivity index (χ1n) is 7.84. The van der Waals surface area contributed by atoms with Crippen molar-refractivity contribution in [2.45, 2.75) is 39.7 Å². The Kier molecular flexibility index (Phi) is 5.84. The molecule has 0 unspecified atom stereocenters. The normalized spacial score (nSPS) is 13.8. The summed E-state index contributed by atoms with van der Waals surface area (Å²) in [5, 5.41) is 2.98. The lowest BCUT2D eigenvalue weighted by atomic mass is 10.2. The third-order valence-electron chi connectivity index (χ3n) is 3.52. The van der Waals surface area contributed by atoms with Gasteiger partial charge >= 0.3 is 6.03 Å². The topological polar surface area (TPSA) is 54.5 Å². The number of aromatic nitrogens is 1. The molecule has 1 fully saturated rings. The lowest BCUT2D eigenvalue weighted by Gasteiger charge is -2.22. The average Bonchev–Trinajstić information content (AvgIpc) is 3.30. The number of hydrogen-bond acceptors (Lipinski definition) is 3. The molecule has 1 aromatic heterocycles. The maximum atomic E-state index is 12.3. The molecule has 1 N–H and O–H groups in total. The monoisotopic (exact) mass is 291 g/mol. The molecule has 0 spiro atoms. The smallest absolute Gasteiger partial charge is 0.317 e. The molecule has 1 saturated carbocycles. The van der Waals surface area contributed by atoms with E-state index in [1.54, 1.807) is 6.20 Å². The zero-order chi connectivity index (χ0) is 15.1. The maximum absolute atomic E-state index is 12.3. The molecule has 1 aliphatic carbocycles. The second-order valence-corrected chi connectivity index (χ2v) is 5.45. The van der Waals surface area contributed by atoms with Crippen LogP contribution in [0, 0.1) is 5.92 Å². The first kappa shape index (κ1) is 15.6. The van der Waals surface area contributed by atoms with Gasteiger partial charge in [0.2, 0.25) is 5.88 Å². The number of carbonyl (C=O) groups excluding carboxylic acids is 1. The van der Waals surface area contributed by atoms with Crippen LogP contribution in [0.1, 0.15) is 38.7 Å². The third kappa shape index (κ3) is 4.92. The van der Waals surface area contributed by atoms with Gasteiger partial charge in [-0.3, -0.25) is 0 Å². The summed E-state index contributed by atoms with van der Waals surface area (Å²) in [6.45, 7) is 6.74. The van der Waals surface area contributed by atoms with E-state index in [2.05, 4.69) is 17.2 Å². The average molecular weight is 291 g/mol. The van der Waals surface area contributed by atoms with E-state index in [0.29, 0.717) is 24.9 Å². The van der Waals surface area contributed by atoms with Crippen molar-refractivity contribution in [1.82, 2.24) is 15.2 Å². The molecule has 116 valence electrons. The Morgan fingerprint density at radius 1 is 1.48 bits per heavy atom. The molecule has 2 rings (SSSR count). The first-order valence-corrected chi connectivity index (χ1v) is 7.84. The summed E-state index contributed by atoms with van der Waals surface area (Å²) in [5.74, 6) is 1.31. The van der Waals surface area contributed by atoms with Crippen LogP contribution in [0.5, 0.6) is 5.88 Å². The number of carbonyl (C=O) groups is 1. The summed E-state index contributed by atoms with van der Waals surface area (Å²) in [4.78, 5) is 18.4. The van der Waals surface area contributed by atoms with Gasteiger partial charge in [0, 0.05) is 31.4 Å². The fraction of sp³-hybridized carbons (Fsp3) is 0.625. The zero-order valence-electron chi connectivity index (χ0n) is 13.0. The van der Waals surface area contributed by atoms with Gasteiger partial charge in [0.15, 0.2) is 0 Å². The molecule has 0 radical (unpaired) electrons. The molecule has 0 atom stereocenters. The third-order valence-corrected chi connectivity index (χ3v) is 3.52. The van der Waals surface area contributed by atoms with Crippen LogP contribution >= 0.6 is 0 Å². The zero-order valence-corrected chi connectivity index (χ0v) is 13.0. The van der Waals surface area contributed by atoms with E-state index >= 15 is 0 Å². The Labute approximate surface area is 126 Å². The molecule has 0 aliphatic heterocycles. The van der Waals surface area contributed by atoms with E-state index < -0.39 is 0 Å². The van der Waals surface area contributed by atoms with Crippen molar-refractivity contribution in [3.63, 3.8) is 0 Å². The Morgan fingerprint density at radius 2 is 2.29 bits per heavy atom. The highest BCUT2D eigenvalue weighted by Crippen LogP contribution is 2.29. The second-order valence-electron chi connectivity index (χ2n) is 5.45. The number of pyridine rings is 1. The SMILES string of the molecule is CCCN(CC1CC1)C(=O)NCc1cccnc1OCC. The number of nitrogens with zero attached hydrogens (tertiary/aromatic N) is 2. The second kappa shape index (κ2) is 7.86. The molecule has 0 saturated heterocycles. The van der Waals surface area contributed by atoms with Crippen molar-refractivity contribution in [3.8, 4) is 5.88 Å². The quantitative estimate of drug-likeness (QED) is 0.801. The van der Waals surface area contributed by atoms with E-state index in [1.807, 2.05) is 24.0 Å². The minimum Gasteiger partial charge on any atom is -0.478 e. The first-order chi connectivity index (χ1) is 10.2. The van der Waals surface area contributed by atoms with E-state index in [4.69, 9.17) is 4.74 Å². The highest BCUT2D eigenvalue weighted by Gasteiger charge is 2.26. The van der Waals surface area contributed by atoms with Crippen LogP contribution in [-0.4, -0.2) is 35.6 Å². The summed E-state index contributed by atoms with van der Waals surface area (Å²) in [5.41, 5.74) is 0.913. The van der Waals surface area contributed by atoms with Crippen LogP contribution in [-0.2, 0) is 6.54 Å². The van der Waals surface area contributed by atoms with E-state index in [0.717, 1.165) is 25.1 Å². The van der Waals surface area contributed by atoms with Gasteiger partial charge in [-0.2, -0.15) is 0 Å². The molecule has 5 nitrogen and oxygen atoms in total. The minimum atomic E-state index is 0.00931. The standard InChI is InChI=1S/C16H25N3O2/c1-3-10-19(12-13-7-8-13)16(20)18-11-14-6-5-9-17-15(14)21-4-2/h5-6,9,13H,3-4,7-8,10-12H2,1-2H3,(H,18,20). The maximum Gasteiger partial charge on any atom is 0.317 e. The van der Waals surface area contributed by atoms with Gasteiger partial charge in [-0.05, 0) is 38.2 Å². The lowest BCUT2D eigenvalue weighted by Crippen LogP contribution is -2.41. The van der Waals surface area contributed by atoms with Gasteiger partial charge in [0.25, 0.3) is 0 Å². The van der Waals surface area contributed by atoms with Crippen molar-refractivity contribution in [2.24, 2.45) is 5.92 Å². The largest absolute Gasteiger partial charge is 0.478 e. The predicted molar refractivity (Wildman–Crippen MR) is 82.2 cm³/mol. The summed E-state index contributed by atoms with van der Waals surface area (Å²) in [6, 6.07) is 3.80. The van der Waals surface area contributed by atoms with Gasteiger partial charge in [-0.1, -0.05) is 13.0 Å². The number of urea groups is 1. The van der Waals surface area contributed by atoms with Crippen LogP contribution < -0.4 is 10.1 Å². The van der Waals surface area contributed by atoms with Crippen LogP contribution in [0.25, 0.3) is 0 Å². The summed E-state index contributed by atoms with van der Waals surface area (Å²) in [7, 11) is 0. The van der Waals surface area contributed by atoms with E-state index in [-0.39, 0.29) is 6.03 Å². The Hall–Kier alpha value is -1.78. The molecule has 21 heavy (non-hydrogen) atoms. The van der Waals surface area contributed by atoms with Crippen molar-refractivity contribution in [3.05, 3.63) is 23.9 Å². The summed E-state index contributed by atoms with van der Waals surface area (Å²) < 4.78 is 5.48. The number of rotatable bonds is 8. The number of amides is 2. The molecular weight excluding hydrogens is 266 g/mol. The minimum absolute atomic E-state index is 0.00931.